The van der Waals surface area contributed by atoms with Crippen molar-refractivity contribution in [2.75, 3.05) is 26.0 Å². The standard InChI is InChI=1S/C17H27N5O2S/c1-5-6-9-24-10-7-8-18-15(23)11-14-12(2)19-16-20-17(25-4)21-22(16)13(14)3/h5-11H2,1-4H3,(H,18,23). The molecule has 0 aromatic carbocycles. The number of hydrogen-bond acceptors (Lipinski definition) is 6. The number of thioether (sulfide) groups is 1. The zero-order valence-electron chi connectivity index (χ0n) is 15.5. The van der Waals surface area contributed by atoms with Crippen LogP contribution < -0.4 is 5.32 Å². The topological polar surface area (TPSA) is 81.4 Å². The Morgan fingerprint density at radius 2 is 2.00 bits per heavy atom. The van der Waals surface area contributed by atoms with E-state index in [1.165, 1.54) is 11.8 Å². The van der Waals surface area contributed by atoms with Crippen LogP contribution in [0.15, 0.2) is 5.16 Å². The van der Waals surface area contributed by atoms with Gasteiger partial charge in [-0.2, -0.15) is 4.98 Å². The first-order valence-electron chi connectivity index (χ1n) is 8.68. The Kier molecular flexibility index (Phi) is 7.64. The maximum atomic E-state index is 12.2. The Balaban J connectivity index is 1.90. The quantitative estimate of drug-likeness (QED) is 0.514. The van der Waals surface area contributed by atoms with Crippen LogP contribution in [-0.2, 0) is 16.0 Å². The van der Waals surface area contributed by atoms with Gasteiger partial charge < -0.3 is 10.1 Å². The molecule has 2 rings (SSSR count). The van der Waals surface area contributed by atoms with Gasteiger partial charge >= 0.3 is 0 Å². The van der Waals surface area contributed by atoms with Crippen molar-refractivity contribution >= 4 is 23.4 Å². The fraction of sp³-hybridized carbons (Fsp3) is 0.647. The van der Waals surface area contributed by atoms with Crippen LogP contribution in [0.2, 0.25) is 0 Å². The maximum Gasteiger partial charge on any atom is 0.253 e. The summed E-state index contributed by atoms with van der Waals surface area (Å²) in [4.78, 5) is 21.0. The summed E-state index contributed by atoms with van der Waals surface area (Å²) in [6.07, 6.45) is 5.27. The fourth-order valence-corrected chi connectivity index (χ4v) is 2.84. The molecule has 0 radical (unpaired) electrons. The van der Waals surface area contributed by atoms with Gasteiger partial charge in [0.25, 0.3) is 5.78 Å². The van der Waals surface area contributed by atoms with Crippen molar-refractivity contribution in [1.82, 2.24) is 24.9 Å². The predicted molar refractivity (Wildman–Crippen MR) is 99.1 cm³/mol. The Morgan fingerprint density at radius 3 is 2.72 bits per heavy atom. The smallest absolute Gasteiger partial charge is 0.253 e. The van der Waals surface area contributed by atoms with E-state index in [2.05, 4.69) is 27.3 Å². The van der Waals surface area contributed by atoms with E-state index in [0.717, 1.165) is 42.8 Å². The second kappa shape index (κ2) is 9.72. The Bertz CT molecular complexity index is 717. The van der Waals surface area contributed by atoms with Crippen LogP contribution in [0.4, 0.5) is 0 Å². The fourth-order valence-electron chi connectivity index (χ4n) is 2.51. The highest BCUT2D eigenvalue weighted by Crippen LogP contribution is 2.17. The number of aromatic nitrogens is 4. The highest BCUT2D eigenvalue weighted by molar-refractivity contribution is 7.98. The van der Waals surface area contributed by atoms with E-state index in [1.807, 2.05) is 20.1 Å². The number of amides is 1. The van der Waals surface area contributed by atoms with Crippen LogP contribution in [0.25, 0.3) is 5.78 Å². The van der Waals surface area contributed by atoms with Crippen molar-refractivity contribution in [3.05, 3.63) is 17.0 Å². The number of fused-ring (bicyclic) bond motifs is 1. The van der Waals surface area contributed by atoms with E-state index in [1.54, 1.807) is 4.52 Å². The van der Waals surface area contributed by atoms with Gasteiger partial charge in [0.15, 0.2) is 0 Å². The Hall–Kier alpha value is -1.67. The summed E-state index contributed by atoms with van der Waals surface area (Å²) in [5.41, 5.74) is 2.64. The van der Waals surface area contributed by atoms with Gasteiger partial charge in [-0.3, -0.25) is 4.79 Å². The SMILES string of the molecule is CCCCOCCCNC(=O)Cc1c(C)nc2nc(SC)nn2c1C. The number of rotatable bonds is 10. The number of carbonyl (C=O) groups excluding carboxylic acids is 1. The van der Waals surface area contributed by atoms with E-state index in [-0.39, 0.29) is 5.91 Å². The molecule has 2 heterocycles. The van der Waals surface area contributed by atoms with Crippen LogP contribution >= 0.6 is 11.8 Å². The molecule has 0 saturated carbocycles. The van der Waals surface area contributed by atoms with E-state index >= 15 is 0 Å². The van der Waals surface area contributed by atoms with Gasteiger partial charge in [-0.25, -0.2) is 9.50 Å². The number of unbranched alkanes of at least 4 members (excludes halogenated alkanes) is 1. The van der Waals surface area contributed by atoms with Gasteiger partial charge in [0.2, 0.25) is 11.1 Å². The molecule has 0 bridgehead atoms. The first-order valence-corrected chi connectivity index (χ1v) is 9.90. The summed E-state index contributed by atoms with van der Waals surface area (Å²) in [7, 11) is 0. The average Bonchev–Trinajstić information content (AvgIpc) is 3.01. The minimum absolute atomic E-state index is 0.00823. The van der Waals surface area contributed by atoms with Crippen LogP contribution in [-0.4, -0.2) is 51.5 Å². The second-order valence-corrected chi connectivity index (χ2v) is 6.69. The number of nitrogens with one attached hydrogen (secondary N) is 1. The maximum absolute atomic E-state index is 12.2. The molecule has 1 N–H and O–H groups in total. The molecular formula is C17H27N5O2S. The minimum Gasteiger partial charge on any atom is -0.381 e. The molecule has 0 aliphatic rings. The molecule has 0 atom stereocenters. The molecule has 0 aliphatic carbocycles. The molecule has 0 saturated heterocycles. The molecule has 8 heteroatoms. The summed E-state index contributed by atoms with van der Waals surface area (Å²) in [5.74, 6) is 0.568. The van der Waals surface area contributed by atoms with Gasteiger partial charge in [-0.1, -0.05) is 25.1 Å². The molecule has 2 aromatic heterocycles. The normalized spacial score (nSPS) is 11.2. The van der Waals surface area contributed by atoms with E-state index < -0.39 is 0 Å². The van der Waals surface area contributed by atoms with Crippen molar-refractivity contribution in [1.29, 1.82) is 0 Å². The number of hydrogen-bond donors (Lipinski definition) is 1. The minimum atomic E-state index is -0.00823. The molecule has 25 heavy (non-hydrogen) atoms. The number of nitrogens with zero attached hydrogens (tertiary/aromatic N) is 4. The van der Waals surface area contributed by atoms with E-state index in [9.17, 15) is 4.79 Å². The Labute approximate surface area is 153 Å². The number of ether oxygens (including phenoxy) is 1. The summed E-state index contributed by atoms with van der Waals surface area (Å²) in [6, 6.07) is 0. The number of carbonyl (C=O) groups is 1. The predicted octanol–water partition coefficient (Wildman–Crippen LogP) is 2.33. The van der Waals surface area contributed by atoms with Gasteiger partial charge in [0.1, 0.15) is 0 Å². The molecule has 138 valence electrons. The zero-order valence-corrected chi connectivity index (χ0v) is 16.3. The molecule has 0 unspecified atom stereocenters. The summed E-state index contributed by atoms with van der Waals surface area (Å²) in [6.45, 7) is 8.10. The molecule has 0 aliphatic heterocycles. The lowest BCUT2D eigenvalue weighted by molar-refractivity contribution is -0.120. The largest absolute Gasteiger partial charge is 0.381 e. The third-order valence-electron chi connectivity index (χ3n) is 3.98. The lowest BCUT2D eigenvalue weighted by Crippen LogP contribution is -2.28. The van der Waals surface area contributed by atoms with E-state index in [4.69, 9.17) is 4.74 Å². The van der Waals surface area contributed by atoms with Gasteiger partial charge in [0.05, 0.1) is 6.42 Å². The van der Waals surface area contributed by atoms with Crippen molar-refractivity contribution in [2.45, 2.75) is 51.6 Å². The molecular weight excluding hydrogens is 338 g/mol. The van der Waals surface area contributed by atoms with Crippen molar-refractivity contribution in [3.63, 3.8) is 0 Å². The monoisotopic (exact) mass is 365 g/mol. The molecule has 1 amide bonds. The Morgan fingerprint density at radius 1 is 1.24 bits per heavy atom. The molecule has 7 nitrogen and oxygen atoms in total. The second-order valence-electron chi connectivity index (χ2n) is 5.92. The van der Waals surface area contributed by atoms with Crippen molar-refractivity contribution < 1.29 is 9.53 Å². The number of aryl methyl sites for hydroxylation is 2. The van der Waals surface area contributed by atoms with Gasteiger partial charge in [-0.15, -0.1) is 5.10 Å². The first kappa shape index (κ1) is 19.7. The summed E-state index contributed by atoms with van der Waals surface area (Å²) >= 11 is 1.48. The van der Waals surface area contributed by atoms with E-state index in [0.29, 0.717) is 30.5 Å². The molecule has 0 fully saturated rings. The third-order valence-corrected chi connectivity index (χ3v) is 4.52. The summed E-state index contributed by atoms with van der Waals surface area (Å²) < 4.78 is 7.20. The van der Waals surface area contributed by atoms with Crippen molar-refractivity contribution in [3.8, 4) is 0 Å². The van der Waals surface area contributed by atoms with Crippen LogP contribution in [0.1, 0.15) is 43.1 Å². The van der Waals surface area contributed by atoms with Crippen molar-refractivity contribution in [2.24, 2.45) is 0 Å². The van der Waals surface area contributed by atoms with Crippen LogP contribution in [0, 0.1) is 13.8 Å². The summed E-state index contributed by atoms with van der Waals surface area (Å²) in [5, 5.41) is 8.03. The van der Waals surface area contributed by atoms with Gasteiger partial charge in [-0.05, 0) is 32.9 Å². The highest BCUT2D eigenvalue weighted by Gasteiger charge is 2.15. The lowest BCUT2D eigenvalue weighted by atomic mass is 10.1. The third kappa shape index (κ3) is 5.40. The van der Waals surface area contributed by atoms with Crippen LogP contribution in [0.3, 0.4) is 0 Å². The van der Waals surface area contributed by atoms with Gasteiger partial charge in [0, 0.05) is 36.7 Å². The zero-order chi connectivity index (χ0) is 18.2. The van der Waals surface area contributed by atoms with Crippen LogP contribution in [0.5, 0.6) is 0 Å². The first-order chi connectivity index (χ1) is 12.1. The average molecular weight is 366 g/mol. The lowest BCUT2D eigenvalue weighted by Gasteiger charge is -2.11. The molecule has 2 aromatic rings. The highest BCUT2D eigenvalue weighted by atomic mass is 32.2. The molecule has 0 spiro atoms.